The Labute approximate surface area is 55.1 Å². The minimum absolute atomic E-state index is 1.00. The zero-order valence-corrected chi connectivity index (χ0v) is 5.68. The summed E-state index contributed by atoms with van der Waals surface area (Å²) < 4.78 is 0. The third-order valence-electron chi connectivity index (χ3n) is 1.09. The van der Waals surface area contributed by atoms with Gasteiger partial charge in [0.15, 0.2) is 0 Å². The predicted molar refractivity (Wildman–Crippen MR) is 39.5 cm³/mol. The van der Waals surface area contributed by atoms with Crippen molar-refractivity contribution in [1.29, 1.82) is 0 Å². The minimum atomic E-state index is 1.00. The van der Waals surface area contributed by atoms with Crippen LogP contribution in [0.15, 0.2) is 34.5 Å². The van der Waals surface area contributed by atoms with Crippen LogP contribution in [0.3, 0.4) is 0 Å². The van der Waals surface area contributed by atoms with Gasteiger partial charge in [0.1, 0.15) is 0 Å². The number of hydrogen-bond acceptors (Lipinski definition) is 1. The van der Waals surface area contributed by atoms with E-state index in [1.54, 1.807) is 0 Å². The van der Waals surface area contributed by atoms with Gasteiger partial charge < -0.3 is 0 Å². The molecule has 0 radical (unpaired) electrons. The molecular formula is C8H9N. The van der Waals surface area contributed by atoms with E-state index in [0.717, 1.165) is 11.3 Å². The van der Waals surface area contributed by atoms with Crippen LogP contribution in [0, 0.1) is 0 Å². The van der Waals surface area contributed by atoms with Crippen LogP contribution in [0.1, 0.15) is 13.8 Å². The first-order chi connectivity index (χ1) is 4.29. The van der Waals surface area contributed by atoms with Gasteiger partial charge in [-0.2, -0.15) is 0 Å². The van der Waals surface area contributed by atoms with Crippen molar-refractivity contribution in [3.63, 3.8) is 0 Å². The van der Waals surface area contributed by atoms with Gasteiger partial charge in [-0.15, -0.1) is 0 Å². The molecule has 0 bridgehead atoms. The molecule has 1 nitrogen and oxygen atoms in total. The predicted octanol–water partition coefficient (Wildman–Crippen LogP) is 2.08. The van der Waals surface area contributed by atoms with Crippen LogP contribution >= 0.6 is 0 Å². The zero-order valence-electron chi connectivity index (χ0n) is 5.68. The molecule has 0 saturated heterocycles. The van der Waals surface area contributed by atoms with Gasteiger partial charge in [0.25, 0.3) is 0 Å². The Morgan fingerprint density at radius 2 is 2.22 bits per heavy atom. The van der Waals surface area contributed by atoms with Gasteiger partial charge in [-0.05, 0) is 31.9 Å². The topological polar surface area (TPSA) is 12.4 Å². The summed E-state index contributed by atoms with van der Waals surface area (Å²) in [5.41, 5.74) is 2.08. The third-order valence-corrected chi connectivity index (χ3v) is 1.09. The summed E-state index contributed by atoms with van der Waals surface area (Å²) in [5.74, 6) is 2.88. The van der Waals surface area contributed by atoms with E-state index in [9.17, 15) is 0 Å². The van der Waals surface area contributed by atoms with Gasteiger partial charge in [0.2, 0.25) is 0 Å². The quantitative estimate of drug-likeness (QED) is 0.463. The van der Waals surface area contributed by atoms with Crippen molar-refractivity contribution in [2.24, 2.45) is 4.99 Å². The first kappa shape index (κ1) is 6.06. The summed E-state index contributed by atoms with van der Waals surface area (Å²) in [6, 6.07) is 0. The third kappa shape index (κ3) is 1.71. The normalized spacial score (nSPS) is 16.7. The van der Waals surface area contributed by atoms with Crippen LogP contribution in [-0.4, -0.2) is 5.87 Å². The Kier molecular flexibility index (Phi) is 1.66. The fourth-order valence-electron chi connectivity index (χ4n) is 0.583. The first-order valence-electron chi connectivity index (χ1n) is 2.94. The lowest BCUT2D eigenvalue weighted by Gasteiger charge is -1.78. The molecule has 46 valence electrons. The average molecular weight is 119 g/mol. The molecule has 9 heavy (non-hydrogen) atoms. The Morgan fingerprint density at radius 1 is 1.44 bits per heavy atom. The zero-order chi connectivity index (χ0) is 6.69. The van der Waals surface area contributed by atoms with E-state index in [2.05, 4.69) is 10.9 Å². The summed E-state index contributed by atoms with van der Waals surface area (Å²) in [5, 5.41) is 0. The average Bonchev–Trinajstić information content (AvgIpc) is 1.97. The highest BCUT2D eigenvalue weighted by Crippen LogP contribution is 1.99. The molecule has 0 fully saturated rings. The maximum atomic E-state index is 4.02. The number of nitrogens with zero attached hydrogens (tertiary/aromatic N) is 1. The van der Waals surface area contributed by atoms with E-state index in [4.69, 9.17) is 0 Å². The molecule has 0 aromatic rings. The molecule has 0 atom stereocenters. The van der Waals surface area contributed by atoms with E-state index in [0.29, 0.717) is 0 Å². The maximum absolute atomic E-state index is 4.02. The summed E-state index contributed by atoms with van der Waals surface area (Å²) in [4.78, 5) is 4.02. The maximum Gasteiger partial charge on any atom is 0.0472 e. The summed E-state index contributed by atoms with van der Waals surface area (Å²) in [6.07, 6.45) is 5.93. The van der Waals surface area contributed by atoms with Crippen molar-refractivity contribution in [1.82, 2.24) is 0 Å². The molecule has 0 spiro atoms. The monoisotopic (exact) mass is 119 g/mol. The second-order valence-electron chi connectivity index (χ2n) is 2.07. The van der Waals surface area contributed by atoms with E-state index in [1.165, 1.54) is 0 Å². The molecule has 0 amide bonds. The molecule has 1 aliphatic heterocycles. The Bertz CT molecular complexity index is 225. The van der Waals surface area contributed by atoms with Gasteiger partial charge in [0, 0.05) is 11.3 Å². The van der Waals surface area contributed by atoms with Gasteiger partial charge in [-0.3, -0.25) is 0 Å². The van der Waals surface area contributed by atoms with E-state index in [1.807, 2.05) is 32.1 Å². The molecule has 1 aliphatic rings. The highest BCUT2D eigenvalue weighted by molar-refractivity contribution is 5.63. The summed E-state index contributed by atoms with van der Waals surface area (Å²) in [6.45, 7) is 3.93. The highest BCUT2D eigenvalue weighted by Gasteiger charge is 1.83. The molecule has 0 N–H and O–H groups in total. The Hall–Kier alpha value is -1.07. The Morgan fingerprint density at radius 3 is 3.00 bits per heavy atom. The molecule has 1 heteroatoms. The van der Waals surface area contributed by atoms with Crippen molar-refractivity contribution in [3.05, 3.63) is 29.5 Å². The second-order valence-corrected chi connectivity index (χ2v) is 2.07. The number of hydrogen-bond donors (Lipinski definition) is 0. The van der Waals surface area contributed by atoms with Crippen LogP contribution in [0.5, 0.6) is 0 Å². The van der Waals surface area contributed by atoms with Crippen LogP contribution in [0.4, 0.5) is 0 Å². The van der Waals surface area contributed by atoms with E-state index < -0.39 is 0 Å². The van der Waals surface area contributed by atoms with Crippen LogP contribution < -0.4 is 0 Å². The summed E-state index contributed by atoms with van der Waals surface area (Å²) in [7, 11) is 0. The lowest BCUT2D eigenvalue weighted by Crippen LogP contribution is -1.64. The largest absolute Gasteiger partial charge is 0.211 e. The molecule has 0 aromatic heterocycles. The van der Waals surface area contributed by atoms with Crippen molar-refractivity contribution in [2.45, 2.75) is 13.8 Å². The Balaban J connectivity index is 3.01. The van der Waals surface area contributed by atoms with Crippen molar-refractivity contribution in [3.8, 4) is 0 Å². The standard InChI is InChI=1S/C8H9N/c1-7-4-3-5-8(2)9-6-7/h3-5H,1-2H3. The first-order valence-corrected chi connectivity index (χ1v) is 2.94. The van der Waals surface area contributed by atoms with E-state index in [-0.39, 0.29) is 0 Å². The van der Waals surface area contributed by atoms with Crippen LogP contribution in [0.2, 0.25) is 0 Å². The van der Waals surface area contributed by atoms with Crippen molar-refractivity contribution in [2.75, 3.05) is 0 Å². The van der Waals surface area contributed by atoms with Crippen molar-refractivity contribution < 1.29 is 0 Å². The molecule has 0 saturated carbocycles. The molecule has 1 rings (SSSR count). The van der Waals surface area contributed by atoms with Gasteiger partial charge >= 0.3 is 0 Å². The second kappa shape index (κ2) is 2.47. The van der Waals surface area contributed by atoms with Gasteiger partial charge in [-0.25, -0.2) is 4.99 Å². The SMILES string of the molecule is CC1=C=NC(C)=CC=C1. The summed E-state index contributed by atoms with van der Waals surface area (Å²) >= 11 is 0. The smallest absolute Gasteiger partial charge is 0.0472 e. The fraction of sp³-hybridized carbons (Fsp3) is 0.250. The lowest BCUT2D eigenvalue weighted by molar-refractivity contribution is 1.33. The van der Waals surface area contributed by atoms with Crippen LogP contribution in [0.25, 0.3) is 0 Å². The lowest BCUT2D eigenvalue weighted by atomic mass is 10.3. The highest BCUT2D eigenvalue weighted by atomic mass is 14.7. The van der Waals surface area contributed by atoms with Crippen molar-refractivity contribution >= 4 is 5.87 Å². The number of allylic oxidation sites excluding steroid dienone is 5. The fourth-order valence-corrected chi connectivity index (χ4v) is 0.583. The molecule has 0 unspecified atom stereocenters. The van der Waals surface area contributed by atoms with Crippen LogP contribution in [-0.2, 0) is 0 Å². The number of rotatable bonds is 0. The molecule has 0 aromatic carbocycles. The minimum Gasteiger partial charge on any atom is -0.211 e. The molecule has 1 heterocycles. The van der Waals surface area contributed by atoms with Gasteiger partial charge in [-0.1, -0.05) is 6.08 Å². The molecular weight excluding hydrogens is 110 g/mol. The van der Waals surface area contributed by atoms with E-state index >= 15 is 0 Å². The van der Waals surface area contributed by atoms with Gasteiger partial charge in [0.05, 0.1) is 0 Å². The number of aliphatic imine (C=N–C) groups is 1. The molecule has 0 aliphatic carbocycles.